The van der Waals surface area contributed by atoms with Gasteiger partial charge in [-0.3, -0.25) is 9.48 Å². The van der Waals surface area contributed by atoms with Gasteiger partial charge in [0, 0.05) is 19.3 Å². The second-order valence-electron chi connectivity index (χ2n) is 6.00. The molecule has 0 atom stereocenters. The van der Waals surface area contributed by atoms with Crippen LogP contribution in [0.3, 0.4) is 0 Å². The number of aryl methyl sites for hydroxylation is 2. The molecule has 0 saturated heterocycles. The Bertz CT molecular complexity index is 492. The lowest BCUT2D eigenvalue weighted by molar-refractivity contribution is -0.127. The highest BCUT2D eigenvalue weighted by molar-refractivity contribution is 5.86. The number of halogens is 1. The first-order valence-electron chi connectivity index (χ1n) is 7.50. The van der Waals surface area contributed by atoms with E-state index in [1.165, 1.54) is 12.0 Å². The van der Waals surface area contributed by atoms with Crippen LogP contribution in [0.4, 0.5) is 0 Å². The second-order valence-corrected chi connectivity index (χ2v) is 6.00. The molecule has 1 heterocycles. The molecule has 0 aliphatic heterocycles. The maximum Gasteiger partial charge on any atom is 0.240 e. The molecule has 0 unspecified atom stereocenters. The summed E-state index contributed by atoms with van der Waals surface area (Å²) in [5, 5.41) is 7.40. The zero-order valence-corrected chi connectivity index (χ0v) is 14.1. The van der Waals surface area contributed by atoms with Gasteiger partial charge in [-0.15, -0.1) is 12.4 Å². The third-order valence-corrected chi connectivity index (χ3v) is 4.52. The number of nitrogens with zero attached hydrogens (tertiary/aromatic N) is 2. The second kappa shape index (κ2) is 7.27. The molecule has 1 aromatic rings. The predicted molar refractivity (Wildman–Crippen MR) is 86.6 cm³/mol. The van der Waals surface area contributed by atoms with Crippen LogP contribution in [0.1, 0.15) is 49.1 Å². The summed E-state index contributed by atoms with van der Waals surface area (Å²) in [6.07, 6.45) is 5.75. The Morgan fingerprint density at radius 3 is 2.48 bits per heavy atom. The lowest BCUT2D eigenvalue weighted by Gasteiger charge is -2.31. The van der Waals surface area contributed by atoms with Crippen LogP contribution in [0.25, 0.3) is 0 Å². The molecule has 1 aliphatic carbocycles. The van der Waals surface area contributed by atoms with Crippen molar-refractivity contribution in [1.29, 1.82) is 0 Å². The number of nitrogens with one attached hydrogen (secondary N) is 1. The van der Waals surface area contributed by atoms with Crippen LogP contribution in [-0.4, -0.2) is 27.8 Å². The number of hydrogen-bond acceptors (Lipinski definition) is 3. The molecular weight excluding hydrogens is 288 g/mol. The molecule has 3 N–H and O–H groups in total. The molecule has 0 radical (unpaired) electrons. The third kappa shape index (κ3) is 3.98. The Balaban J connectivity index is 0.00000220. The van der Waals surface area contributed by atoms with Crippen molar-refractivity contribution in [3.8, 4) is 0 Å². The van der Waals surface area contributed by atoms with Crippen molar-refractivity contribution in [2.24, 2.45) is 12.8 Å². The van der Waals surface area contributed by atoms with Gasteiger partial charge < -0.3 is 11.1 Å². The number of carbonyl (C=O) groups excluding carboxylic acids is 1. The molecule has 1 aliphatic rings. The summed E-state index contributed by atoms with van der Waals surface area (Å²) >= 11 is 0. The summed E-state index contributed by atoms with van der Waals surface area (Å²) in [5.74, 6) is 0.0106. The smallest absolute Gasteiger partial charge is 0.240 e. The van der Waals surface area contributed by atoms with Crippen molar-refractivity contribution >= 4 is 18.3 Å². The van der Waals surface area contributed by atoms with E-state index in [1.807, 2.05) is 18.7 Å². The maximum atomic E-state index is 12.2. The molecule has 0 bridgehead atoms. The number of amides is 1. The first-order valence-corrected chi connectivity index (χ1v) is 7.50. The third-order valence-electron chi connectivity index (χ3n) is 4.52. The molecular formula is C15H27ClN4O. The first kappa shape index (κ1) is 18.0. The van der Waals surface area contributed by atoms with E-state index in [0.29, 0.717) is 6.54 Å². The van der Waals surface area contributed by atoms with E-state index in [2.05, 4.69) is 17.3 Å². The summed E-state index contributed by atoms with van der Waals surface area (Å²) in [7, 11) is 1.95. The van der Waals surface area contributed by atoms with Crippen LogP contribution in [0, 0.1) is 13.8 Å². The number of rotatable bonds is 4. The van der Waals surface area contributed by atoms with Gasteiger partial charge in [-0.2, -0.15) is 5.10 Å². The van der Waals surface area contributed by atoms with E-state index >= 15 is 0 Å². The standard InChI is InChI=1S/C15H26N4O.ClH/c1-11-13(12(2)19(3)18-11)7-10-17-14(20)15(16)8-5-4-6-9-15;/h4-10,16H2,1-3H3,(H,17,20);1H. The van der Waals surface area contributed by atoms with E-state index in [9.17, 15) is 4.79 Å². The van der Waals surface area contributed by atoms with Gasteiger partial charge in [-0.1, -0.05) is 19.3 Å². The molecule has 120 valence electrons. The summed E-state index contributed by atoms with van der Waals surface area (Å²) < 4.78 is 1.89. The van der Waals surface area contributed by atoms with Gasteiger partial charge in [-0.25, -0.2) is 0 Å². The van der Waals surface area contributed by atoms with E-state index in [-0.39, 0.29) is 18.3 Å². The van der Waals surface area contributed by atoms with Gasteiger partial charge in [-0.05, 0) is 38.7 Å². The van der Waals surface area contributed by atoms with Crippen LogP contribution in [0.15, 0.2) is 0 Å². The van der Waals surface area contributed by atoms with Crippen LogP contribution in [-0.2, 0) is 18.3 Å². The molecule has 0 aromatic carbocycles. The Morgan fingerprint density at radius 1 is 1.33 bits per heavy atom. The summed E-state index contributed by atoms with van der Waals surface area (Å²) in [4.78, 5) is 12.2. The fourth-order valence-electron chi connectivity index (χ4n) is 3.07. The highest BCUT2D eigenvalue weighted by Crippen LogP contribution is 2.25. The van der Waals surface area contributed by atoms with Gasteiger partial charge >= 0.3 is 0 Å². The van der Waals surface area contributed by atoms with Crippen molar-refractivity contribution in [2.45, 2.75) is 57.9 Å². The molecule has 5 nitrogen and oxygen atoms in total. The Hall–Kier alpha value is -1.07. The summed E-state index contributed by atoms with van der Waals surface area (Å²) in [5.41, 5.74) is 9.01. The lowest BCUT2D eigenvalue weighted by Crippen LogP contribution is -2.55. The predicted octanol–water partition coefficient (Wildman–Crippen LogP) is 1.78. The zero-order valence-electron chi connectivity index (χ0n) is 13.2. The molecule has 1 saturated carbocycles. The van der Waals surface area contributed by atoms with Crippen molar-refractivity contribution in [1.82, 2.24) is 15.1 Å². The summed E-state index contributed by atoms with van der Waals surface area (Å²) in [6.45, 7) is 4.70. The van der Waals surface area contributed by atoms with Gasteiger partial charge in [0.2, 0.25) is 5.91 Å². The highest BCUT2D eigenvalue weighted by Gasteiger charge is 2.34. The summed E-state index contributed by atoms with van der Waals surface area (Å²) in [6, 6.07) is 0. The maximum absolute atomic E-state index is 12.2. The molecule has 1 fully saturated rings. The Morgan fingerprint density at radius 2 is 1.95 bits per heavy atom. The van der Waals surface area contributed by atoms with Gasteiger partial charge in [0.15, 0.2) is 0 Å². The van der Waals surface area contributed by atoms with Crippen LogP contribution in [0.2, 0.25) is 0 Å². The van der Waals surface area contributed by atoms with E-state index < -0.39 is 5.54 Å². The fourth-order valence-corrected chi connectivity index (χ4v) is 3.07. The molecule has 6 heteroatoms. The molecule has 1 aromatic heterocycles. The van der Waals surface area contributed by atoms with Gasteiger partial charge in [0.1, 0.15) is 0 Å². The van der Waals surface area contributed by atoms with Crippen LogP contribution >= 0.6 is 12.4 Å². The number of aromatic nitrogens is 2. The Labute approximate surface area is 133 Å². The molecule has 21 heavy (non-hydrogen) atoms. The topological polar surface area (TPSA) is 72.9 Å². The van der Waals surface area contributed by atoms with Crippen LogP contribution in [0.5, 0.6) is 0 Å². The Kier molecular flexibility index (Phi) is 6.23. The largest absolute Gasteiger partial charge is 0.354 e. The van der Waals surface area contributed by atoms with Crippen molar-refractivity contribution in [3.05, 3.63) is 17.0 Å². The van der Waals surface area contributed by atoms with Crippen LogP contribution < -0.4 is 11.1 Å². The number of carbonyl (C=O) groups is 1. The molecule has 0 spiro atoms. The monoisotopic (exact) mass is 314 g/mol. The minimum Gasteiger partial charge on any atom is -0.354 e. The average molecular weight is 315 g/mol. The van der Waals surface area contributed by atoms with E-state index in [4.69, 9.17) is 5.73 Å². The molecule has 1 amide bonds. The van der Waals surface area contributed by atoms with Crippen molar-refractivity contribution < 1.29 is 4.79 Å². The number of nitrogens with two attached hydrogens (primary N) is 1. The molecule has 2 rings (SSSR count). The fraction of sp³-hybridized carbons (Fsp3) is 0.733. The van der Waals surface area contributed by atoms with Crippen molar-refractivity contribution in [2.75, 3.05) is 6.54 Å². The minimum absolute atomic E-state index is 0. The SMILES string of the molecule is Cc1nn(C)c(C)c1CCNC(=O)C1(N)CCCCC1.Cl. The highest BCUT2D eigenvalue weighted by atomic mass is 35.5. The first-order chi connectivity index (χ1) is 9.44. The number of hydrogen-bond donors (Lipinski definition) is 2. The van der Waals surface area contributed by atoms with Gasteiger partial charge in [0.25, 0.3) is 0 Å². The van der Waals surface area contributed by atoms with Gasteiger partial charge in [0.05, 0.1) is 11.2 Å². The van der Waals surface area contributed by atoms with E-state index in [1.54, 1.807) is 0 Å². The zero-order chi connectivity index (χ0) is 14.8. The lowest BCUT2D eigenvalue weighted by atomic mass is 9.82. The quantitative estimate of drug-likeness (QED) is 0.889. The minimum atomic E-state index is -0.642. The normalized spacial score (nSPS) is 17.1. The average Bonchev–Trinajstić information content (AvgIpc) is 2.65. The van der Waals surface area contributed by atoms with E-state index in [0.717, 1.165) is 43.5 Å². The van der Waals surface area contributed by atoms with Crippen molar-refractivity contribution in [3.63, 3.8) is 0 Å².